The van der Waals surface area contributed by atoms with Gasteiger partial charge < -0.3 is 24.6 Å². The molecule has 1 amide bonds. The van der Waals surface area contributed by atoms with Crippen LogP contribution in [0.5, 0.6) is 5.75 Å². The minimum atomic E-state index is -0.240. The van der Waals surface area contributed by atoms with Gasteiger partial charge in [0.25, 0.3) is 5.91 Å². The number of hydrogen-bond donors (Lipinski definition) is 1. The molecule has 1 aliphatic rings. The Balaban J connectivity index is 1.53. The first-order valence-electron chi connectivity index (χ1n) is 8.96. The molecular formula is C19H25N5O3. The summed E-state index contributed by atoms with van der Waals surface area (Å²) in [5, 5.41) is 11.0. The van der Waals surface area contributed by atoms with Crippen molar-refractivity contribution < 1.29 is 14.3 Å². The fourth-order valence-electron chi connectivity index (χ4n) is 2.96. The van der Waals surface area contributed by atoms with Crippen LogP contribution in [-0.2, 0) is 4.74 Å². The summed E-state index contributed by atoms with van der Waals surface area (Å²) in [5.74, 6) is 1.41. The molecule has 2 aromatic rings. The first kappa shape index (κ1) is 18.9. The van der Waals surface area contributed by atoms with E-state index in [0.717, 1.165) is 37.7 Å². The molecule has 1 fully saturated rings. The number of ether oxygens (including phenoxy) is 2. The average Bonchev–Trinajstić information content (AvgIpc) is 2.74. The molecular weight excluding hydrogens is 346 g/mol. The fraction of sp³-hybridized carbons (Fsp3) is 0.421. The summed E-state index contributed by atoms with van der Waals surface area (Å²) in [6, 6.07) is 11.7. The van der Waals surface area contributed by atoms with Crippen molar-refractivity contribution in [2.24, 2.45) is 0 Å². The smallest absolute Gasteiger partial charge is 0.271 e. The van der Waals surface area contributed by atoms with Crippen LogP contribution in [0.2, 0.25) is 0 Å². The van der Waals surface area contributed by atoms with Gasteiger partial charge in [-0.05, 0) is 36.4 Å². The van der Waals surface area contributed by atoms with Gasteiger partial charge in [-0.15, -0.1) is 10.2 Å². The van der Waals surface area contributed by atoms with E-state index in [9.17, 15) is 4.79 Å². The topological polar surface area (TPSA) is 79.8 Å². The zero-order valence-corrected chi connectivity index (χ0v) is 15.7. The van der Waals surface area contributed by atoms with E-state index in [1.807, 2.05) is 18.2 Å². The van der Waals surface area contributed by atoms with E-state index >= 15 is 0 Å². The Bertz CT molecular complexity index is 728. The van der Waals surface area contributed by atoms with Crippen LogP contribution in [0.25, 0.3) is 0 Å². The number of aromatic nitrogens is 2. The summed E-state index contributed by atoms with van der Waals surface area (Å²) < 4.78 is 10.1. The normalized spacial score (nSPS) is 14.1. The Kier molecular flexibility index (Phi) is 6.43. The Morgan fingerprint density at radius 3 is 2.30 bits per heavy atom. The van der Waals surface area contributed by atoms with Gasteiger partial charge in [0, 0.05) is 45.5 Å². The number of nitrogens with one attached hydrogen (secondary N) is 1. The molecule has 3 rings (SSSR count). The number of hydrogen-bond acceptors (Lipinski definition) is 7. The van der Waals surface area contributed by atoms with Gasteiger partial charge in [0.2, 0.25) is 0 Å². The molecule has 1 aromatic heterocycles. The summed E-state index contributed by atoms with van der Waals surface area (Å²) in [7, 11) is 3.26. The molecule has 0 aliphatic carbocycles. The molecule has 2 heterocycles. The van der Waals surface area contributed by atoms with Crippen molar-refractivity contribution in [1.82, 2.24) is 15.5 Å². The first-order chi connectivity index (χ1) is 13.2. The summed E-state index contributed by atoms with van der Waals surface area (Å²) >= 11 is 0. The van der Waals surface area contributed by atoms with Crippen LogP contribution in [0.3, 0.4) is 0 Å². The molecule has 1 saturated heterocycles. The van der Waals surface area contributed by atoms with Gasteiger partial charge in [-0.3, -0.25) is 4.79 Å². The number of rotatable bonds is 7. The Hall–Kier alpha value is -2.87. The SMILES string of the molecule is COCCNC(=O)c1ccc(N2CCN(c3ccc(OC)cc3)CC2)nn1. The molecule has 0 radical (unpaired) electrons. The second-order valence-electron chi connectivity index (χ2n) is 6.20. The second kappa shape index (κ2) is 9.18. The van der Waals surface area contributed by atoms with E-state index in [2.05, 4.69) is 37.4 Å². The van der Waals surface area contributed by atoms with Gasteiger partial charge in [0.05, 0.1) is 13.7 Å². The zero-order valence-electron chi connectivity index (χ0n) is 15.7. The van der Waals surface area contributed by atoms with Crippen LogP contribution in [-0.4, -0.2) is 69.7 Å². The van der Waals surface area contributed by atoms with Crippen LogP contribution in [0.15, 0.2) is 36.4 Å². The van der Waals surface area contributed by atoms with Crippen molar-refractivity contribution in [1.29, 1.82) is 0 Å². The molecule has 8 nitrogen and oxygen atoms in total. The third-order valence-electron chi connectivity index (χ3n) is 4.52. The number of piperazine rings is 1. The van der Waals surface area contributed by atoms with Crippen molar-refractivity contribution in [2.75, 3.05) is 63.4 Å². The molecule has 1 N–H and O–H groups in total. The molecule has 0 atom stereocenters. The molecule has 0 spiro atoms. The highest BCUT2D eigenvalue weighted by Crippen LogP contribution is 2.21. The van der Waals surface area contributed by atoms with E-state index in [-0.39, 0.29) is 5.91 Å². The number of benzene rings is 1. The van der Waals surface area contributed by atoms with E-state index in [0.29, 0.717) is 18.8 Å². The van der Waals surface area contributed by atoms with Crippen molar-refractivity contribution >= 4 is 17.4 Å². The summed E-state index contributed by atoms with van der Waals surface area (Å²) in [6.07, 6.45) is 0. The van der Waals surface area contributed by atoms with Crippen LogP contribution < -0.4 is 19.9 Å². The van der Waals surface area contributed by atoms with Crippen LogP contribution >= 0.6 is 0 Å². The Morgan fingerprint density at radius 2 is 1.70 bits per heavy atom. The lowest BCUT2D eigenvalue weighted by Gasteiger charge is -2.36. The van der Waals surface area contributed by atoms with Gasteiger partial charge in [-0.25, -0.2) is 0 Å². The molecule has 8 heteroatoms. The molecule has 1 aliphatic heterocycles. The second-order valence-corrected chi connectivity index (χ2v) is 6.20. The van der Waals surface area contributed by atoms with Gasteiger partial charge >= 0.3 is 0 Å². The first-order valence-corrected chi connectivity index (χ1v) is 8.96. The van der Waals surface area contributed by atoms with Crippen molar-refractivity contribution in [3.8, 4) is 5.75 Å². The van der Waals surface area contributed by atoms with Gasteiger partial charge in [-0.1, -0.05) is 0 Å². The number of amides is 1. The minimum absolute atomic E-state index is 0.240. The summed E-state index contributed by atoms with van der Waals surface area (Å²) in [5.41, 5.74) is 1.50. The lowest BCUT2D eigenvalue weighted by Crippen LogP contribution is -2.47. The van der Waals surface area contributed by atoms with Crippen molar-refractivity contribution in [3.63, 3.8) is 0 Å². The van der Waals surface area contributed by atoms with Gasteiger partial charge in [-0.2, -0.15) is 0 Å². The van der Waals surface area contributed by atoms with Crippen LogP contribution in [0.4, 0.5) is 11.5 Å². The number of nitrogens with zero attached hydrogens (tertiary/aromatic N) is 4. The fourth-order valence-corrected chi connectivity index (χ4v) is 2.96. The molecule has 144 valence electrons. The predicted molar refractivity (Wildman–Crippen MR) is 104 cm³/mol. The third kappa shape index (κ3) is 4.85. The monoisotopic (exact) mass is 371 g/mol. The highest BCUT2D eigenvalue weighted by atomic mass is 16.5. The maximum Gasteiger partial charge on any atom is 0.271 e. The molecule has 0 unspecified atom stereocenters. The minimum Gasteiger partial charge on any atom is -0.497 e. The molecule has 1 aromatic carbocycles. The molecule has 0 bridgehead atoms. The lowest BCUT2D eigenvalue weighted by atomic mass is 10.2. The van der Waals surface area contributed by atoms with Crippen LogP contribution in [0, 0.1) is 0 Å². The maximum atomic E-state index is 12.0. The van der Waals surface area contributed by atoms with Crippen molar-refractivity contribution in [3.05, 3.63) is 42.1 Å². The Labute approximate surface area is 159 Å². The van der Waals surface area contributed by atoms with E-state index < -0.39 is 0 Å². The Morgan fingerprint density at radius 1 is 1.00 bits per heavy atom. The van der Waals surface area contributed by atoms with E-state index in [4.69, 9.17) is 9.47 Å². The third-order valence-corrected chi connectivity index (χ3v) is 4.52. The largest absolute Gasteiger partial charge is 0.497 e. The summed E-state index contributed by atoms with van der Waals surface area (Å²) in [6.45, 7) is 4.41. The highest BCUT2D eigenvalue weighted by Gasteiger charge is 2.19. The summed E-state index contributed by atoms with van der Waals surface area (Å²) in [4.78, 5) is 16.5. The van der Waals surface area contributed by atoms with Gasteiger partial charge in [0.15, 0.2) is 11.5 Å². The molecule has 27 heavy (non-hydrogen) atoms. The van der Waals surface area contributed by atoms with Crippen molar-refractivity contribution in [2.45, 2.75) is 0 Å². The lowest BCUT2D eigenvalue weighted by molar-refractivity contribution is 0.0931. The molecule has 0 saturated carbocycles. The van der Waals surface area contributed by atoms with Gasteiger partial charge in [0.1, 0.15) is 5.75 Å². The zero-order chi connectivity index (χ0) is 19.1. The average molecular weight is 371 g/mol. The number of anilines is 2. The number of carbonyl (C=O) groups excluding carboxylic acids is 1. The maximum absolute atomic E-state index is 12.0. The quantitative estimate of drug-likeness (QED) is 0.732. The standard InChI is InChI=1S/C19H25N5O3/c1-26-14-9-20-19(25)17-7-8-18(22-21-17)24-12-10-23(11-13-24)15-3-5-16(27-2)6-4-15/h3-8H,9-14H2,1-2H3,(H,20,25). The predicted octanol–water partition coefficient (Wildman–Crippen LogP) is 1.19. The van der Waals surface area contributed by atoms with E-state index in [1.54, 1.807) is 20.3 Å². The highest BCUT2D eigenvalue weighted by molar-refractivity contribution is 5.92. The van der Waals surface area contributed by atoms with Crippen LogP contribution in [0.1, 0.15) is 10.5 Å². The number of carbonyl (C=O) groups is 1. The van der Waals surface area contributed by atoms with E-state index in [1.165, 1.54) is 5.69 Å². The number of methoxy groups -OCH3 is 2.